The van der Waals surface area contributed by atoms with E-state index in [1.807, 2.05) is 24.3 Å². The van der Waals surface area contributed by atoms with Crippen molar-refractivity contribution in [2.75, 3.05) is 20.3 Å². The van der Waals surface area contributed by atoms with Crippen molar-refractivity contribution in [3.63, 3.8) is 0 Å². The Hall–Kier alpha value is -2.00. The Bertz CT molecular complexity index is 569. The number of nitrogens with two attached hydrogens (primary N) is 1. The largest absolute Gasteiger partial charge is 0.493 e. The maximum Gasteiger partial charge on any atom is 0.161 e. The van der Waals surface area contributed by atoms with Crippen LogP contribution in [-0.2, 0) is 0 Å². The summed E-state index contributed by atoms with van der Waals surface area (Å²) in [7, 11) is 1.65. The number of methoxy groups -OCH3 is 1. The van der Waals surface area contributed by atoms with Crippen LogP contribution in [0.3, 0.4) is 0 Å². The normalized spacial score (nSPS) is 12.0. The van der Waals surface area contributed by atoms with E-state index in [1.165, 1.54) is 11.1 Å². The van der Waals surface area contributed by atoms with Crippen molar-refractivity contribution in [1.82, 2.24) is 0 Å². The van der Waals surface area contributed by atoms with E-state index in [4.69, 9.17) is 15.2 Å². The molecule has 0 aliphatic carbocycles. The van der Waals surface area contributed by atoms with Crippen LogP contribution in [0.4, 0.5) is 0 Å². The molecule has 0 amide bonds. The van der Waals surface area contributed by atoms with E-state index in [2.05, 4.69) is 31.2 Å². The second kappa shape index (κ2) is 7.70. The first-order valence-electron chi connectivity index (χ1n) is 7.27. The van der Waals surface area contributed by atoms with Gasteiger partial charge in [-0.1, -0.05) is 42.0 Å². The number of para-hydroxylation sites is 2. The summed E-state index contributed by atoms with van der Waals surface area (Å²) in [6.07, 6.45) is 0.887. The van der Waals surface area contributed by atoms with Crippen LogP contribution in [-0.4, -0.2) is 20.3 Å². The maximum absolute atomic E-state index is 5.91. The molecule has 0 heterocycles. The highest BCUT2D eigenvalue weighted by Crippen LogP contribution is 2.27. The second-order valence-electron chi connectivity index (χ2n) is 5.13. The standard InChI is InChI=1S/C18H23NO2/c1-14-6-5-7-15(12-14)16(13-19)10-11-21-18-9-4-3-8-17(18)20-2/h3-9,12,16H,10-11,13,19H2,1-2H3. The zero-order valence-electron chi connectivity index (χ0n) is 12.7. The predicted octanol–water partition coefficient (Wildman–Crippen LogP) is 3.52. The number of hydrogen-bond acceptors (Lipinski definition) is 3. The van der Waals surface area contributed by atoms with Gasteiger partial charge in [-0.2, -0.15) is 0 Å². The lowest BCUT2D eigenvalue weighted by Crippen LogP contribution is -2.15. The molecule has 112 valence electrons. The third kappa shape index (κ3) is 4.23. The molecule has 21 heavy (non-hydrogen) atoms. The highest BCUT2D eigenvalue weighted by molar-refractivity contribution is 5.39. The number of hydrogen-bond donors (Lipinski definition) is 1. The van der Waals surface area contributed by atoms with Gasteiger partial charge in [0.05, 0.1) is 13.7 Å². The minimum Gasteiger partial charge on any atom is -0.493 e. The van der Waals surface area contributed by atoms with Gasteiger partial charge in [-0.3, -0.25) is 0 Å². The summed E-state index contributed by atoms with van der Waals surface area (Å²) in [6, 6.07) is 16.2. The zero-order valence-corrected chi connectivity index (χ0v) is 12.7. The fourth-order valence-electron chi connectivity index (χ4n) is 2.39. The summed E-state index contributed by atoms with van der Waals surface area (Å²) in [6.45, 7) is 3.34. The van der Waals surface area contributed by atoms with E-state index < -0.39 is 0 Å². The smallest absolute Gasteiger partial charge is 0.161 e. The van der Waals surface area contributed by atoms with Gasteiger partial charge < -0.3 is 15.2 Å². The van der Waals surface area contributed by atoms with E-state index in [-0.39, 0.29) is 0 Å². The Balaban J connectivity index is 1.95. The second-order valence-corrected chi connectivity index (χ2v) is 5.13. The third-order valence-electron chi connectivity index (χ3n) is 3.59. The van der Waals surface area contributed by atoms with Crippen molar-refractivity contribution < 1.29 is 9.47 Å². The molecule has 0 bridgehead atoms. The van der Waals surface area contributed by atoms with Crippen molar-refractivity contribution in [1.29, 1.82) is 0 Å². The monoisotopic (exact) mass is 285 g/mol. The summed E-state index contributed by atoms with van der Waals surface area (Å²) in [4.78, 5) is 0. The van der Waals surface area contributed by atoms with Gasteiger partial charge in [0.15, 0.2) is 11.5 Å². The van der Waals surface area contributed by atoms with Crippen molar-refractivity contribution in [2.24, 2.45) is 5.73 Å². The first kappa shape index (κ1) is 15.4. The first-order chi connectivity index (χ1) is 10.2. The SMILES string of the molecule is COc1ccccc1OCCC(CN)c1cccc(C)c1. The number of ether oxygens (including phenoxy) is 2. The minimum absolute atomic E-state index is 0.319. The summed E-state index contributed by atoms with van der Waals surface area (Å²) in [5.74, 6) is 1.86. The molecule has 2 aromatic carbocycles. The van der Waals surface area contributed by atoms with Crippen molar-refractivity contribution in [3.05, 3.63) is 59.7 Å². The Morgan fingerprint density at radius 2 is 1.81 bits per heavy atom. The van der Waals surface area contributed by atoms with E-state index in [0.29, 0.717) is 19.1 Å². The molecule has 2 N–H and O–H groups in total. The van der Waals surface area contributed by atoms with E-state index in [0.717, 1.165) is 17.9 Å². The Kier molecular flexibility index (Phi) is 5.64. The summed E-state index contributed by atoms with van der Waals surface area (Å²) >= 11 is 0. The topological polar surface area (TPSA) is 44.5 Å². The molecular formula is C18H23NO2. The zero-order chi connectivity index (χ0) is 15.1. The fourth-order valence-corrected chi connectivity index (χ4v) is 2.39. The molecular weight excluding hydrogens is 262 g/mol. The molecule has 1 atom stereocenters. The van der Waals surface area contributed by atoms with Gasteiger partial charge in [-0.15, -0.1) is 0 Å². The maximum atomic E-state index is 5.91. The van der Waals surface area contributed by atoms with Gasteiger partial charge in [-0.25, -0.2) is 0 Å². The lowest BCUT2D eigenvalue weighted by Gasteiger charge is -2.17. The van der Waals surface area contributed by atoms with Crippen LogP contribution < -0.4 is 15.2 Å². The molecule has 2 rings (SSSR count). The lowest BCUT2D eigenvalue weighted by molar-refractivity contribution is 0.280. The molecule has 0 saturated carbocycles. The molecule has 0 spiro atoms. The molecule has 1 unspecified atom stereocenters. The minimum atomic E-state index is 0.319. The van der Waals surface area contributed by atoms with Gasteiger partial charge >= 0.3 is 0 Å². The van der Waals surface area contributed by atoms with Crippen LogP contribution in [0.25, 0.3) is 0 Å². The molecule has 3 nitrogen and oxygen atoms in total. The van der Waals surface area contributed by atoms with E-state index in [9.17, 15) is 0 Å². The number of benzene rings is 2. The van der Waals surface area contributed by atoms with Gasteiger partial charge in [0, 0.05) is 0 Å². The van der Waals surface area contributed by atoms with Crippen molar-refractivity contribution in [2.45, 2.75) is 19.3 Å². The molecule has 0 fully saturated rings. The van der Waals surface area contributed by atoms with Crippen molar-refractivity contribution >= 4 is 0 Å². The van der Waals surface area contributed by atoms with Gasteiger partial charge in [0.25, 0.3) is 0 Å². The van der Waals surface area contributed by atoms with Gasteiger partial charge in [0.1, 0.15) is 0 Å². The quantitative estimate of drug-likeness (QED) is 0.846. The van der Waals surface area contributed by atoms with Gasteiger partial charge in [0.2, 0.25) is 0 Å². The van der Waals surface area contributed by atoms with Crippen LogP contribution in [0, 0.1) is 6.92 Å². The molecule has 0 aliphatic rings. The van der Waals surface area contributed by atoms with E-state index >= 15 is 0 Å². The Labute approximate surface area is 126 Å². The third-order valence-corrected chi connectivity index (χ3v) is 3.59. The highest BCUT2D eigenvalue weighted by atomic mass is 16.5. The molecule has 0 radical (unpaired) electrons. The number of rotatable bonds is 7. The number of aryl methyl sites for hydroxylation is 1. The van der Waals surface area contributed by atoms with Crippen LogP contribution in [0.2, 0.25) is 0 Å². The fraction of sp³-hybridized carbons (Fsp3) is 0.333. The average molecular weight is 285 g/mol. The van der Waals surface area contributed by atoms with E-state index in [1.54, 1.807) is 7.11 Å². The van der Waals surface area contributed by atoms with Crippen molar-refractivity contribution in [3.8, 4) is 11.5 Å². The van der Waals surface area contributed by atoms with Crippen LogP contribution in [0.15, 0.2) is 48.5 Å². The van der Waals surface area contributed by atoms with Crippen LogP contribution in [0.5, 0.6) is 11.5 Å². The lowest BCUT2D eigenvalue weighted by atomic mass is 9.95. The summed E-state index contributed by atoms with van der Waals surface area (Å²) in [5, 5.41) is 0. The predicted molar refractivity (Wildman–Crippen MR) is 86.1 cm³/mol. The highest BCUT2D eigenvalue weighted by Gasteiger charge is 2.11. The Morgan fingerprint density at radius 3 is 2.48 bits per heavy atom. The summed E-state index contributed by atoms with van der Waals surface area (Å²) < 4.78 is 11.1. The molecule has 3 heteroatoms. The average Bonchev–Trinajstić information content (AvgIpc) is 2.52. The molecule has 0 aromatic heterocycles. The molecule has 0 aliphatic heterocycles. The first-order valence-corrected chi connectivity index (χ1v) is 7.27. The van der Waals surface area contributed by atoms with Crippen LogP contribution in [0.1, 0.15) is 23.5 Å². The Morgan fingerprint density at radius 1 is 1.05 bits per heavy atom. The van der Waals surface area contributed by atoms with Crippen LogP contribution >= 0.6 is 0 Å². The molecule has 0 saturated heterocycles. The summed E-state index contributed by atoms with van der Waals surface area (Å²) in [5.41, 5.74) is 8.45. The molecule has 2 aromatic rings. The van der Waals surface area contributed by atoms with Gasteiger partial charge in [-0.05, 0) is 43.5 Å².